The summed E-state index contributed by atoms with van der Waals surface area (Å²) in [4.78, 5) is 23.2. The molecule has 0 aromatic heterocycles. The Labute approximate surface area is 140 Å². The standard InChI is InChI=1S/C16H13BrFNO4/c17-11-5-1-3-7-13(11)19-15(20)9-23-16(21)10-22-14-8-4-2-6-12(14)18/h1-8H,9-10H2,(H,19,20). The van der Waals surface area contributed by atoms with Gasteiger partial charge in [0, 0.05) is 4.47 Å². The first-order valence-electron chi connectivity index (χ1n) is 6.63. The van der Waals surface area contributed by atoms with Gasteiger partial charge in [-0.2, -0.15) is 0 Å². The van der Waals surface area contributed by atoms with Gasteiger partial charge in [0.15, 0.2) is 24.8 Å². The zero-order valence-electron chi connectivity index (χ0n) is 11.9. The van der Waals surface area contributed by atoms with E-state index in [0.717, 1.165) is 0 Å². The molecule has 0 heterocycles. The minimum absolute atomic E-state index is 0.0536. The Morgan fingerprint density at radius 1 is 1.04 bits per heavy atom. The number of nitrogens with one attached hydrogen (secondary N) is 1. The molecule has 1 N–H and O–H groups in total. The molecular weight excluding hydrogens is 369 g/mol. The number of rotatable bonds is 6. The van der Waals surface area contributed by atoms with Crippen molar-refractivity contribution >= 4 is 33.5 Å². The second kappa shape index (κ2) is 8.28. The van der Waals surface area contributed by atoms with E-state index < -0.39 is 30.9 Å². The number of anilines is 1. The summed E-state index contributed by atoms with van der Waals surface area (Å²) < 4.78 is 23.7. The van der Waals surface area contributed by atoms with E-state index in [2.05, 4.69) is 21.2 Å². The summed E-state index contributed by atoms with van der Waals surface area (Å²) in [6.07, 6.45) is 0. The van der Waals surface area contributed by atoms with Gasteiger partial charge >= 0.3 is 5.97 Å². The summed E-state index contributed by atoms with van der Waals surface area (Å²) in [5.74, 6) is -1.89. The zero-order valence-corrected chi connectivity index (χ0v) is 13.5. The van der Waals surface area contributed by atoms with Crippen molar-refractivity contribution in [2.75, 3.05) is 18.5 Å². The van der Waals surface area contributed by atoms with Gasteiger partial charge in [0.2, 0.25) is 0 Å². The average Bonchev–Trinajstić information content (AvgIpc) is 2.54. The first-order valence-corrected chi connectivity index (χ1v) is 7.43. The van der Waals surface area contributed by atoms with E-state index in [1.165, 1.54) is 18.2 Å². The van der Waals surface area contributed by atoms with Crippen LogP contribution in [0.5, 0.6) is 5.75 Å². The summed E-state index contributed by atoms with van der Waals surface area (Å²) in [6.45, 7) is -0.940. The maximum Gasteiger partial charge on any atom is 0.344 e. The number of benzene rings is 2. The highest BCUT2D eigenvalue weighted by Crippen LogP contribution is 2.21. The van der Waals surface area contributed by atoms with Crippen LogP contribution >= 0.6 is 15.9 Å². The Kier molecular flexibility index (Phi) is 6.10. The lowest BCUT2D eigenvalue weighted by atomic mass is 10.3. The lowest BCUT2D eigenvalue weighted by Gasteiger charge is -2.09. The normalized spacial score (nSPS) is 10.0. The highest BCUT2D eigenvalue weighted by atomic mass is 79.9. The number of hydrogen-bond donors (Lipinski definition) is 1. The van der Waals surface area contributed by atoms with Gasteiger partial charge in [-0.1, -0.05) is 24.3 Å². The van der Waals surface area contributed by atoms with Crippen LogP contribution in [0.1, 0.15) is 0 Å². The Hall–Kier alpha value is -2.41. The highest BCUT2D eigenvalue weighted by molar-refractivity contribution is 9.10. The van der Waals surface area contributed by atoms with E-state index in [4.69, 9.17) is 9.47 Å². The Morgan fingerprint density at radius 3 is 2.48 bits per heavy atom. The molecule has 0 atom stereocenters. The van der Waals surface area contributed by atoms with Gasteiger partial charge in [-0.15, -0.1) is 0 Å². The molecule has 120 valence electrons. The number of hydrogen-bond acceptors (Lipinski definition) is 4. The number of halogens is 2. The molecule has 0 spiro atoms. The van der Waals surface area contributed by atoms with Crippen molar-refractivity contribution in [2.24, 2.45) is 0 Å². The summed E-state index contributed by atoms with van der Waals surface area (Å²) in [5.41, 5.74) is 0.566. The molecule has 5 nitrogen and oxygen atoms in total. The largest absolute Gasteiger partial charge is 0.479 e. The van der Waals surface area contributed by atoms with Crippen molar-refractivity contribution in [3.63, 3.8) is 0 Å². The van der Waals surface area contributed by atoms with E-state index in [-0.39, 0.29) is 5.75 Å². The molecule has 0 aliphatic rings. The van der Waals surface area contributed by atoms with Crippen molar-refractivity contribution in [3.05, 3.63) is 58.8 Å². The molecule has 0 fully saturated rings. The SMILES string of the molecule is O=C(COC(=O)COc1ccccc1F)Nc1ccccc1Br. The van der Waals surface area contributed by atoms with Crippen molar-refractivity contribution in [1.82, 2.24) is 0 Å². The van der Waals surface area contributed by atoms with Crippen LogP contribution in [-0.2, 0) is 14.3 Å². The third kappa shape index (κ3) is 5.37. The molecule has 2 aromatic rings. The van der Waals surface area contributed by atoms with Gasteiger partial charge < -0.3 is 14.8 Å². The lowest BCUT2D eigenvalue weighted by Crippen LogP contribution is -2.23. The van der Waals surface area contributed by atoms with E-state index in [1.807, 2.05) is 0 Å². The Balaban J connectivity index is 1.75. The van der Waals surface area contributed by atoms with E-state index >= 15 is 0 Å². The van der Waals surface area contributed by atoms with Crippen LogP contribution in [0.4, 0.5) is 10.1 Å². The van der Waals surface area contributed by atoms with E-state index in [1.54, 1.807) is 30.3 Å². The molecule has 0 unspecified atom stereocenters. The summed E-state index contributed by atoms with van der Waals surface area (Å²) in [5, 5.41) is 2.58. The third-order valence-electron chi connectivity index (χ3n) is 2.69. The van der Waals surface area contributed by atoms with Gasteiger partial charge in [-0.05, 0) is 40.2 Å². The Bertz CT molecular complexity index is 708. The topological polar surface area (TPSA) is 64.6 Å². The molecule has 2 rings (SSSR count). The van der Waals surface area contributed by atoms with Crippen LogP contribution in [0, 0.1) is 5.82 Å². The number of esters is 1. The van der Waals surface area contributed by atoms with Crippen LogP contribution in [0.25, 0.3) is 0 Å². The molecule has 0 radical (unpaired) electrons. The fraction of sp³-hybridized carbons (Fsp3) is 0.125. The molecule has 2 aromatic carbocycles. The molecule has 0 aliphatic heterocycles. The minimum atomic E-state index is -0.768. The maximum absolute atomic E-state index is 13.3. The fourth-order valence-corrected chi connectivity index (χ4v) is 2.02. The molecule has 0 saturated heterocycles. The van der Waals surface area contributed by atoms with Gasteiger partial charge in [0.05, 0.1) is 5.69 Å². The monoisotopic (exact) mass is 381 g/mol. The predicted molar refractivity (Wildman–Crippen MR) is 85.6 cm³/mol. The van der Waals surface area contributed by atoms with Crippen LogP contribution in [-0.4, -0.2) is 25.1 Å². The van der Waals surface area contributed by atoms with Gasteiger partial charge in [0.25, 0.3) is 5.91 Å². The molecular formula is C16H13BrFNO4. The number of para-hydroxylation sites is 2. The summed E-state index contributed by atoms with van der Waals surface area (Å²) >= 11 is 3.28. The second-order valence-electron chi connectivity index (χ2n) is 4.41. The third-order valence-corrected chi connectivity index (χ3v) is 3.39. The lowest BCUT2D eigenvalue weighted by molar-refractivity contribution is -0.149. The van der Waals surface area contributed by atoms with Crippen molar-refractivity contribution < 1.29 is 23.5 Å². The maximum atomic E-state index is 13.3. The van der Waals surface area contributed by atoms with Crippen LogP contribution in [0.2, 0.25) is 0 Å². The predicted octanol–water partition coefficient (Wildman–Crippen LogP) is 3.15. The number of carbonyl (C=O) groups is 2. The van der Waals surface area contributed by atoms with Gasteiger partial charge in [-0.3, -0.25) is 4.79 Å². The van der Waals surface area contributed by atoms with Gasteiger partial charge in [0.1, 0.15) is 0 Å². The Morgan fingerprint density at radius 2 is 1.74 bits per heavy atom. The first-order chi connectivity index (χ1) is 11.1. The van der Waals surface area contributed by atoms with Crippen LogP contribution in [0.3, 0.4) is 0 Å². The molecule has 0 saturated carbocycles. The van der Waals surface area contributed by atoms with Crippen LogP contribution < -0.4 is 10.1 Å². The van der Waals surface area contributed by atoms with Crippen molar-refractivity contribution in [3.8, 4) is 5.75 Å². The van der Waals surface area contributed by atoms with Crippen LogP contribution in [0.15, 0.2) is 53.0 Å². The van der Waals surface area contributed by atoms with E-state index in [9.17, 15) is 14.0 Å². The van der Waals surface area contributed by atoms with Gasteiger partial charge in [-0.25, -0.2) is 9.18 Å². The summed E-state index contributed by atoms with van der Waals surface area (Å²) in [6, 6.07) is 12.7. The molecule has 7 heteroatoms. The first kappa shape index (κ1) is 17.0. The fourth-order valence-electron chi connectivity index (χ4n) is 1.64. The number of amides is 1. The average molecular weight is 382 g/mol. The smallest absolute Gasteiger partial charge is 0.344 e. The van der Waals surface area contributed by atoms with Crippen molar-refractivity contribution in [1.29, 1.82) is 0 Å². The molecule has 0 aliphatic carbocycles. The minimum Gasteiger partial charge on any atom is -0.479 e. The second-order valence-corrected chi connectivity index (χ2v) is 5.26. The number of carbonyl (C=O) groups excluding carboxylic acids is 2. The molecule has 0 bridgehead atoms. The molecule has 1 amide bonds. The quantitative estimate of drug-likeness (QED) is 0.780. The molecule has 23 heavy (non-hydrogen) atoms. The highest BCUT2D eigenvalue weighted by Gasteiger charge is 2.11. The summed E-state index contributed by atoms with van der Waals surface area (Å²) in [7, 11) is 0. The zero-order chi connectivity index (χ0) is 16.7. The van der Waals surface area contributed by atoms with E-state index in [0.29, 0.717) is 10.2 Å². The number of ether oxygens (including phenoxy) is 2. The van der Waals surface area contributed by atoms with Crippen molar-refractivity contribution in [2.45, 2.75) is 0 Å².